The average molecular weight is 328 g/mol. The van der Waals surface area contributed by atoms with Crippen LogP contribution in [0.5, 0.6) is 0 Å². The van der Waals surface area contributed by atoms with Crippen LogP contribution < -0.4 is 5.32 Å². The van der Waals surface area contributed by atoms with Crippen LogP contribution in [0.4, 0.5) is 5.69 Å². The van der Waals surface area contributed by atoms with Crippen molar-refractivity contribution in [3.8, 4) is 0 Å². The summed E-state index contributed by atoms with van der Waals surface area (Å²) in [5, 5.41) is 2.81. The Hall–Kier alpha value is -2.60. The SMILES string of the molecule is CN(Cc1ccco1)C(=O)c1cccc(NC(=O)C2CCCO2)c1. The molecule has 1 aromatic heterocycles. The first kappa shape index (κ1) is 16.3. The number of carbonyl (C=O) groups excluding carboxylic acids is 2. The van der Waals surface area contributed by atoms with Crippen molar-refractivity contribution >= 4 is 17.5 Å². The van der Waals surface area contributed by atoms with Crippen molar-refractivity contribution < 1.29 is 18.7 Å². The standard InChI is InChI=1S/C18H20N2O4/c1-20(12-15-7-3-9-23-15)18(22)13-5-2-6-14(11-13)19-17(21)16-8-4-10-24-16/h2-3,5-7,9,11,16H,4,8,10,12H2,1H3,(H,19,21). The second kappa shape index (κ2) is 7.31. The fourth-order valence-electron chi connectivity index (χ4n) is 2.67. The second-order valence-electron chi connectivity index (χ2n) is 5.81. The molecule has 1 aliphatic rings. The van der Waals surface area contributed by atoms with Gasteiger partial charge in [-0.1, -0.05) is 6.07 Å². The summed E-state index contributed by atoms with van der Waals surface area (Å²) in [5.74, 6) is 0.411. The van der Waals surface area contributed by atoms with Gasteiger partial charge < -0.3 is 19.4 Å². The Bertz CT molecular complexity index is 706. The van der Waals surface area contributed by atoms with E-state index in [-0.39, 0.29) is 11.8 Å². The predicted octanol–water partition coefficient (Wildman–Crippen LogP) is 2.67. The molecule has 6 nitrogen and oxygen atoms in total. The Kier molecular flexibility index (Phi) is 4.96. The molecule has 126 valence electrons. The molecule has 0 saturated carbocycles. The lowest BCUT2D eigenvalue weighted by atomic mass is 10.1. The van der Waals surface area contributed by atoms with E-state index in [2.05, 4.69) is 5.32 Å². The molecule has 1 aromatic carbocycles. The van der Waals surface area contributed by atoms with Gasteiger partial charge in [-0.05, 0) is 43.2 Å². The zero-order valence-electron chi connectivity index (χ0n) is 13.5. The molecular weight excluding hydrogens is 308 g/mol. The number of nitrogens with one attached hydrogen (secondary N) is 1. The molecule has 6 heteroatoms. The van der Waals surface area contributed by atoms with Crippen molar-refractivity contribution in [2.45, 2.75) is 25.5 Å². The molecule has 2 amide bonds. The molecule has 2 aromatic rings. The third kappa shape index (κ3) is 3.83. The topological polar surface area (TPSA) is 71.8 Å². The molecule has 1 saturated heterocycles. The Morgan fingerprint density at radius 1 is 1.29 bits per heavy atom. The van der Waals surface area contributed by atoms with Crippen LogP contribution in [-0.2, 0) is 16.1 Å². The van der Waals surface area contributed by atoms with Gasteiger partial charge >= 0.3 is 0 Å². The van der Waals surface area contributed by atoms with Crippen LogP contribution in [0, 0.1) is 0 Å². The third-order valence-electron chi connectivity index (χ3n) is 3.92. The van der Waals surface area contributed by atoms with Crippen molar-refractivity contribution in [1.29, 1.82) is 0 Å². The summed E-state index contributed by atoms with van der Waals surface area (Å²) in [6.07, 6.45) is 2.81. The van der Waals surface area contributed by atoms with Gasteiger partial charge in [0.1, 0.15) is 11.9 Å². The number of benzene rings is 1. The van der Waals surface area contributed by atoms with E-state index in [9.17, 15) is 9.59 Å². The zero-order chi connectivity index (χ0) is 16.9. The molecule has 1 unspecified atom stereocenters. The normalized spacial score (nSPS) is 16.8. The molecule has 1 fully saturated rings. The van der Waals surface area contributed by atoms with Crippen molar-refractivity contribution in [1.82, 2.24) is 4.90 Å². The number of hydrogen-bond acceptors (Lipinski definition) is 4. The number of hydrogen-bond donors (Lipinski definition) is 1. The van der Waals surface area contributed by atoms with Gasteiger partial charge in [0.05, 0.1) is 12.8 Å². The van der Waals surface area contributed by atoms with E-state index < -0.39 is 6.10 Å². The van der Waals surface area contributed by atoms with Gasteiger partial charge in [0, 0.05) is 24.9 Å². The molecule has 0 radical (unpaired) electrons. The Morgan fingerprint density at radius 2 is 2.17 bits per heavy atom. The van der Waals surface area contributed by atoms with Crippen LogP contribution in [0.3, 0.4) is 0 Å². The van der Waals surface area contributed by atoms with Gasteiger partial charge in [0.2, 0.25) is 0 Å². The highest BCUT2D eigenvalue weighted by atomic mass is 16.5. The third-order valence-corrected chi connectivity index (χ3v) is 3.92. The minimum absolute atomic E-state index is 0.139. The van der Waals surface area contributed by atoms with Gasteiger partial charge in [-0.25, -0.2) is 0 Å². The number of carbonyl (C=O) groups is 2. The van der Waals surface area contributed by atoms with Crippen LogP contribution >= 0.6 is 0 Å². The van der Waals surface area contributed by atoms with Gasteiger partial charge in [-0.2, -0.15) is 0 Å². The number of furan rings is 1. The van der Waals surface area contributed by atoms with Gasteiger partial charge in [-0.3, -0.25) is 9.59 Å². The summed E-state index contributed by atoms with van der Waals surface area (Å²) in [6, 6.07) is 10.5. The first-order valence-corrected chi connectivity index (χ1v) is 7.94. The summed E-state index contributed by atoms with van der Waals surface area (Å²) in [7, 11) is 1.71. The van der Waals surface area contributed by atoms with E-state index in [1.165, 1.54) is 0 Å². The Morgan fingerprint density at radius 3 is 2.88 bits per heavy atom. The van der Waals surface area contributed by atoms with Crippen LogP contribution in [0.2, 0.25) is 0 Å². The molecule has 1 atom stereocenters. The Balaban J connectivity index is 1.65. The highest BCUT2D eigenvalue weighted by Crippen LogP contribution is 2.17. The molecule has 2 heterocycles. The van der Waals surface area contributed by atoms with Crippen molar-refractivity contribution in [2.24, 2.45) is 0 Å². The van der Waals surface area contributed by atoms with Crippen LogP contribution in [0.25, 0.3) is 0 Å². The molecule has 1 aliphatic heterocycles. The van der Waals surface area contributed by atoms with Crippen molar-refractivity contribution in [3.05, 3.63) is 54.0 Å². The van der Waals surface area contributed by atoms with E-state index in [1.807, 2.05) is 6.07 Å². The van der Waals surface area contributed by atoms with E-state index in [1.54, 1.807) is 48.5 Å². The fourth-order valence-corrected chi connectivity index (χ4v) is 2.67. The lowest BCUT2D eigenvalue weighted by Gasteiger charge is -2.16. The first-order valence-electron chi connectivity index (χ1n) is 7.94. The number of nitrogens with zero attached hydrogens (tertiary/aromatic N) is 1. The second-order valence-corrected chi connectivity index (χ2v) is 5.81. The van der Waals surface area contributed by atoms with Gasteiger partial charge in [-0.15, -0.1) is 0 Å². The van der Waals surface area contributed by atoms with Gasteiger partial charge in [0.15, 0.2) is 0 Å². The number of amides is 2. The van der Waals surface area contributed by atoms with Crippen LogP contribution in [-0.4, -0.2) is 36.5 Å². The molecule has 0 bridgehead atoms. The number of ether oxygens (including phenoxy) is 1. The lowest BCUT2D eigenvalue weighted by molar-refractivity contribution is -0.124. The van der Waals surface area contributed by atoms with E-state index in [4.69, 9.17) is 9.15 Å². The fraction of sp³-hybridized carbons (Fsp3) is 0.333. The van der Waals surface area contributed by atoms with Crippen LogP contribution in [0.1, 0.15) is 29.0 Å². The predicted molar refractivity (Wildman–Crippen MR) is 88.6 cm³/mol. The van der Waals surface area contributed by atoms with Crippen LogP contribution in [0.15, 0.2) is 47.1 Å². The Labute approximate surface area is 140 Å². The number of rotatable bonds is 5. The van der Waals surface area contributed by atoms with E-state index in [0.717, 1.165) is 12.8 Å². The molecule has 24 heavy (non-hydrogen) atoms. The molecule has 0 aliphatic carbocycles. The summed E-state index contributed by atoms with van der Waals surface area (Å²) in [6.45, 7) is 1.01. The lowest BCUT2D eigenvalue weighted by Crippen LogP contribution is -2.28. The highest BCUT2D eigenvalue weighted by molar-refractivity contribution is 5.98. The summed E-state index contributed by atoms with van der Waals surface area (Å²) < 4.78 is 10.6. The van der Waals surface area contributed by atoms with Gasteiger partial charge in [0.25, 0.3) is 11.8 Å². The first-order chi connectivity index (χ1) is 11.6. The maximum absolute atomic E-state index is 12.5. The molecule has 1 N–H and O–H groups in total. The molecular formula is C18H20N2O4. The summed E-state index contributed by atoms with van der Waals surface area (Å²) in [4.78, 5) is 26.2. The highest BCUT2D eigenvalue weighted by Gasteiger charge is 2.23. The minimum atomic E-state index is -0.397. The van der Waals surface area contributed by atoms with Crippen molar-refractivity contribution in [2.75, 3.05) is 19.0 Å². The maximum atomic E-state index is 12.5. The molecule has 3 rings (SSSR count). The molecule has 0 spiro atoms. The maximum Gasteiger partial charge on any atom is 0.254 e. The minimum Gasteiger partial charge on any atom is -0.467 e. The van der Waals surface area contributed by atoms with Crippen molar-refractivity contribution in [3.63, 3.8) is 0 Å². The quantitative estimate of drug-likeness (QED) is 0.916. The van der Waals surface area contributed by atoms with E-state index >= 15 is 0 Å². The largest absolute Gasteiger partial charge is 0.467 e. The van der Waals surface area contributed by atoms with E-state index in [0.29, 0.717) is 30.2 Å². The monoisotopic (exact) mass is 328 g/mol. The average Bonchev–Trinajstić information content (AvgIpc) is 3.28. The zero-order valence-corrected chi connectivity index (χ0v) is 13.5. The summed E-state index contributed by atoms with van der Waals surface area (Å²) >= 11 is 0. The number of anilines is 1. The summed E-state index contributed by atoms with van der Waals surface area (Å²) in [5.41, 5.74) is 1.10. The smallest absolute Gasteiger partial charge is 0.254 e.